The molecule has 0 fully saturated rings. The molecule has 0 saturated carbocycles. The van der Waals surface area contributed by atoms with Crippen LogP contribution in [-0.4, -0.2) is 43.4 Å². The number of ketones is 3. The number of rotatable bonds is 2. The number of aliphatic hydroxyl groups is 3. The highest BCUT2D eigenvalue weighted by molar-refractivity contribution is 6.25. The van der Waals surface area contributed by atoms with Crippen molar-refractivity contribution in [1.29, 1.82) is 0 Å². The van der Waals surface area contributed by atoms with Crippen LogP contribution >= 0.6 is 0 Å². The molecule has 4 rings (SSSR count). The van der Waals surface area contributed by atoms with E-state index in [1.165, 1.54) is 0 Å². The Kier molecular flexibility index (Phi) is 6.17. The van der Waals surface area contributed by atoms with Crippen molar-refractivity contribution >= 4 is 17.3 Å². The molecular formula is C31H32O7. The number of phenolic OH excluding ortho intramolecular Hbond substituents is 1. The zero-order chi connectivity index (χ0) is 28.5. The lowest BCUT2D eigenvalue weighted by Crippen LogP contribution is -2.67. The lowest BCUT2D eigenvalue weighted by atomic mass is 9.44. The van der Waals surface area contributed by atoms with Gasteiger partial charge in [-0.3, -0.25) is 14.4 Å². The van der Waals surface area contributed by atoms with E-state index in [-0.39, 0.29) is 41.2 Å². The number of fused-ring (bicyclic) bond motifs is 3. The predicted octanol–water partition coefficient (Wildman–Crippen LogP) is 4.09. The molecule has 198 valence electrons. The molecule has 0 aromatic heterocycles. The minimum atomic E-state index is -2.64. The molecule has 7 nitrogen and oxygen atoms in total. The van der Waals surface area contributed by atoms with Gasteiger partial charge in [0.15, 0.2) is 17.2 Å². The molecule has 38 heavy (non-hydrogen) atoms. The number of carbonyl (C=O) groups is 3. The van der Waals surface area contributed by atoms with E-state index in [4.69, 9.17) is 0 Å². The summed E-state index contributed by atoms with van der Waals surface area (Å²) in [6.07, 6.45) is 0.195. The Labute approximate surface area is 222 Å². The molecule has 0 bridgehead atoms. The molecule has 0 spiro atoms. The van der Waals surface area contributed by atoms with Crippen LogP contribution in [-0.2, 0) is 16.0 Å². The highest BCUT2D eigenvalue weighted by Gasteiger charge is 2.71. The molecule has 0 aliphatic heterocycles. The molecule has 1 unspecified atom stereocenters. The molecule has 4 N–H and O–H groups in total. The molecule has 3 aliphatic carbocycles. The maximum Gasteiger partial charge on any atom is 0.209 e. The number of benzene rings is 1. The van der Waals surface area contributed by atoms with Gasteiger partial charge >= 0.3 is 0 Å². The van der Waals surface area contributed by atoms with Crippen LogP contribution < -0.4 is 0 Å². The van der Waals surface area contributed by atoms with Crippen LogP contribution in [0.4, 0.5) is 0 Å². The van der Waals surface area contributed by atoms with Crippen molar-refractivity contribution in [1.82, 2.24) is 0 Å². The summed E-state index contributed by atoms with van der Waals surface area (Å²) in [5.41, 5.74) is -4.85. The molecule has 3 aliphatic rings. The average Bonchev–Trinajstić information content (AvgIpc) is 2.79. The Morgan fingerprint density at radius 2 is 1.63 bits per heavy atom. The van der Waals surface area contributed by atoms with Crippen LogP contribution in [0.25, 0.3) is 0 Å². The van der Waals surface area contributed by atoms with Gasteiger partial charge in [0.1, 0.15) is 22.8 Å². The van der Waals surface area contributed by atoms with Crippen molar-refractivity contribution in [3.63, 3.8) is 0 Å². The summed E-state index contributed by atoms with van der Waals surface area (Å²) in [5.74, 6) is 5.85. The van der Waals surface area contributed by atoms with Gasteiger partial charge in [-0.25, -0.2) is 0 Å². The van der Waals surface area contributed by atoms with E-state index >= 15 is 0 Å². The molecular weight excluding hydrogens is 484 g/mol. The quantitative estimate of drug-likeness (QED) is 0.344. The summed E-state index contributed by atoms with van der Waals surface area (Å²) in [4.78, 5) is 40.3. The van der Waals surface area contributed by atoms with Crippen molar-refractivity contribution < 1.29 is 34.8 Å². The number of phenols is 1. The van der Waals surface area contributed by atoms with Crippen molar-refractivity contribution in [2.24, 2.45) is 22.7 Å². The monoisotopic (exact) mass is 516 g/mol. The minimum absolute atomic E-state index is 0.0289. The molecule has 1 aromatic rings. The first kappa shape index (κ1) is 27.2. The third kappa shape index (κ3) is 3.25. The third-order valence-corrected chi connectivity index (χ3v) is 8.53. The van der Waals surface area contributed by atoms with Crippen LogP contribution in [0, 0.1) is 46.3 Å². The minimum Gasteiger partial charge on any atom is -0.511 e. The number of allylic oxidation sites excluding steroid dienone is 2. The zero-order valence-corrected chi connectivity index (χ0v) is 22.7. The third-order valence-electron chi connectivity index (χ3n) is 8.53. The van der Waals surface area contributed by atoms with Gasteiger partial charge in [-0.05, 0) is 51.2 Å². The van der Waals surface area contributed by atoms with Gasteiger partial charge in [-0.15, -0.1) is 11.8 Å². The molecule has 4 atom stereocenters. The summed E-state index contributed by atoms with van der Waals surface area (Å²) in [5, 5.41) is 46.0. The van der Waals surface area contributed by atoms with Gasteiger partial charge in [-0.1, -0.05) is 39.5 Å². The van der Waals surface area contributed by atoms with Gasteiger partial charge in [0, 0.05) is 27.9 Å². The van der Waals surface area contributed by atoms with Crippen molar-refractivity contribution in [3.8, 4) is 29.4 Å². The SMILES string of the molecule is CC#Cc1cc(C#CC)c2c(c1O)C(=O)C1=C(O)[C@@]3(O)C(=O)C(C(C)=O)=C(O)C(C(C)C)[C@@]3(C)C[C@@]1(C)C2. The Morgan fingerprint density at radius 3 is 2.16 bits per heavy atom. The smallest absolute Gasteiger partial charge is 0.209 e. The van der Waals surface area contributed by atoms with E-state index in [0.29, 0.717) is 11.1 Å². The normalized spacial score (nSPS) is 30.1. The highest BCUT2D eigenvalue weighted by atomic mass is 16.3. The summed E-state index contributed by atoms with van der Waals surface area (Å²) in [6, 6.07) is 1.63. The summed E-state index contributed by atoms with van der Waals surface area (Å²) >= 11 is 0. The molecule has 0 radical (unpaired) electrons. The Hall–Kier alpha value is -3.81. The van der Waals surface area contributed by atoms with E-state index in [0.717, 1.165) is 6.92 Å². The number of hydrogen-bond acceptors (Lipinski definition) is 7. The largest absolute Gasteiger partial charge is 0.511 e. The second kappa shape index (κ2) is 8.61. The number of aromatic hydroxyl groups is 1. The van der Waals surface area contributed by atoms with Gasteiger partial charge in [0.2, 0.25) is 5.78 Å². The standard InChI is InChI=1S/C31H32O7/c1-8-10-17-12-18(11-9-2)24(33)21-19(17)13-29(6)14-30(7)22(15(3)4)25(34)20(16(5)32)27(36)31(30,38)28(37)23(29)26(21)35/h12,15,22,33-34,37-38H,13-14H2,1-7H3/t22?,29-,30-,31+/m1/s1. The van der Waals surface area contributed by atoms with E-state index in [1.54, 1.807) is 47.6 Å². The maximum atomic E-state index is 14.1. The van der Waals surface area contributed by atoms with E-state index in [1.807, 2.05) is 0 Å². The number of aliphatic hydroxyl groups excluding tert-OH is 2. The first-order valence-corrected chi connectivity index (χ1v) is 12.6. The van der Waals surface area contributed by atoms with Crippen LogP contribution in [0.2, 0.25) is 0 Å². The van der Waals surface area contributed by atoms with Crippen molar-refractivity contribution in [2.45, 2.75) is 66.9 Å². The Balaban J connectivity index is 2.12. The summed E-state index contributed by atoms with van der Waals surface area (Å²) in [7, 11) is 0. The Bertz CT molecular complexity index is 1520. The first-order valence-electron chi connectivity index (χ1n) is 12.6. The number of Topliss-reactive ketones (excluding diaryl/α,β-unsaturated/α-hetero) is 3. The molecule has 0 saturated heterocycles. The zero-order valence-electron chi connectivity index (χ0n) is 22.7. The fourth-order valence-electron chi connectivity index (χ4n) is 7.28. The first-order chi connectivity index (χ1) is 17.6. The lowest BCUT2D eigenvalue weighted by Gasteiger charge is -2.59. The van der Waals surface area contributed by atoms with Gasteiger partial charge in [0.25, 0.3) is 0 Å². The average molecular weight is 517 g/mol. The second-order valence-electron chi connectivity index (χ2n) is 11.4. The number of hydrogen-bond donors (Lipinski definition) is 4. The second-order valence-corrected chi connectivity index (χ2v) is 11.4. The lowest BCUT2D eigenvalue weighted by molar-refractivity contribution is -0.171. The van der Waals surface area contributed by atoms with Crippen LogP contribution in [0.5, 0.6) is 5.75 Å². The highest BCUT2D eigenvalue weighted by Crippen LogP contribution is 2.65. The molecule has 7 heteroatoms. The van der Waals surface area contributed by atoms with Crippen molar-refractivity contribution in [3.05, 3.63) is 51.0 Å². The van der Waals surface area contributed by atoms with E-state index < -0.39 is 56.8 Å². The fourth-order valence-corrected chi connectivity index (χ4v) is 7.28. The Morgan fingerprint density at radius 1 is 1.05 bits per heavy atom. The van der Waals surface area contributed by atoms with Crippen molar-refractivity contribution in [2.75, 3.05) is 0 Å². The van der Waals surface area contributed by atoms with Gasteiger partial charge in [0.05, 0.1) is 11.1 Å². The van der Waals surface area contributed by atoms with Crippen LogP contribution in [0.3, 0.4) is 0 Å². The molecule has 1 aromatic carbocycles. The summed E-state index contributed by atoms with van der Waals surface area (Å²) in [6.45, 7) is 11.3. The van der Waals surface area contributed by atoms with E-state index in [9.17, 15) is 34.8 Å². The van der Waals surface area contributed by atoms with Crippen LogP contribution in [0.15, 0.2) is 28.7 Å². The maximum absolute atomic E-state index is 14.1. The fraction of sp³-hybridized carbons (Fsp3) is 0.452. The topological polar surface area (TPSA) is 132 Å². The number of carbonyl (C=O) groups excluding carboxylic acids is 3. The van der Waals surface area contributed by atoms with Gasteiger partial charge < -0.3 is 20.4 Å². The molecule has 0 amide bonds. The summed E-state index contributed by atoms with van der Waals surface area (Å²) < 4.78 is 0. The van der Waals surface area contributed by atoms with E-state index in [2.05, 4.69) is 23.7 Å². The van der Waals surface area contributed by atoms with Crippen LogP contribution in [0.1, 0.15) is 81.9 Å². The predicted molar refractivity (Wildman–Crippen MR) is 140 cm³/mol. The molecule has 0 heterocycles. The van der Waals surface area contributed by atoms with Gasteiger partial charge in [-0.2, -0.15) is 0 Å².